The minimum atomic E-state index is -3.68. The van der Waals surface area contributed by atoms with Crippen LogP contribution in [0.5, 0.6) is 11.5 Å². The molecule has 1 saturated heterocycles. The summed E-state index contributed by atoms with van der Waals surface area (Å²) < 4.78 is 37.9. The van der Waals surface area contributed by atoms with Crippen molar-refractivity contribution >= 4 is 15.9 Å². The van der Waals surface area contributed by atoms with E-state index >= 15 is 0 Å². The van der Waals surface area contributed by atoms with Gasteiger partial charge in [0.1, 0.15) is 0 Å². The van der Waals surface area contributed by atoms with Gasteiger partial charge in [0, 0.05) is 31.1 Å². The lowest BCUT2D eigenvalue weighted by atomic mass is 10.3. The number of sulfonamides is 1. The molecule has 0 spiro atoms. The zero-order valence-electron chi connectivity index (χ0n) is 11.8. The number of nitrogens with zero attached hydrogens (tertiary/aromatic N) is 1. The van der Waals surface area contributed by atoms with E-state index in [9.17, 15) is 13.2 Å². The molecule has 0 aromatic heterocycles. The van der Waals surface area contributed by atoms with Crippen LogP contribution in [-0.4, -0.2) is 44.6 Å². The van der Waals surface area contributed by atoms with Crippen molar-refractivity contribution in [2.75, 3.05) is 13.3 Å². The molecule has 1 atom stereocenters. The summed E-state index contributed by atoms with van der Waals surface area (Å²) in [5.41, 5.74) is 0. The molecule has 0 radical (unpaired) electrons. The Hall–Kier alpha value is -1.80. The average molecular weight is 324 g/mol. The number of carbonyl (C=O) groups excluding carboxylic acids is 1. The highest BCUT2D eigenvalue weighted by molar-refractivity contribution is 7.89. The van der Waals surface area contributed by atoms with Crippen molar-refractivity contribution in [1.82, 2.24) is 9.62 Å². The first-order valence-corrected chi connectivity index (χ1v) is 8.73. The lowest BCUT2D eigenvalue weighted by Gasteiger charge is -2.16. The number of carbonyl (C=O) groups is 1. The summed E-state index contributed by atoms with van der Waals surface area (Å²) in [6, 6.07) is 4.44. The minimum absolute atomic E-state index is 0.0286. The first kappa shape index (κ1) is 13.8. The molecular formula is C14H16N2O5S. The Kier molecular flexibility index (Phi) is 3.05. The van der Waals surface area contributed by atoms with Crippen LogP contribution in [0, 0.1) is 0 Å². The van der Waals surface area contributed by atoms with E-state index in [1.54, 1.807) is 11.0 Å². The van der Waals surface area contributed by atoms with Gasteiger partial charge in [-0.05, 0) is 25.0 Å². The van der Waals surface area contributed by atoms with Gasteiger partial charge >= 0.3 is 0 Å². The number of hydrogen-bond acceptors (Lipinski definition) is 5. The monoisotopic (exact) mass is 324 g/mol. The number of benzene rings is 1. The van der Waals surface area contributed by atoms with Gasteiger partial charge in [-0.3, -0.25) is 4.79 Å². The standard InChI is InChI=1S/C14H16N2O5S/c17-14-5-9(7-16(14)10-1-2-10)15-22(18,19)11-3-4-12-13(6-11)21-8-20-12/h3-4,6,9-10,15H,1-2,5,7-8H2. The van der Waals surface area contributed by atoms with Crippen molar-refractivity contribution in [3.05, 3.63) is 18.2 Å². The number of rotatable bonds is 4. The molecule has 118 valence electrons. The molecule has 1 aliphatic carbocycles. The molecule has 2 aliphatic heterocycles. The molecule has 1 amide bonds. The molecule has 2 heterocycles. The fraction of sp³-hybridized carbons (Fsp3) is 0.500. The van der Waals surface area contributed by atoms with Crippen molar-refractivity contribution in [1.29, 1.82) is 0 Å². The lowest BCUT2D eigenvalue weighted by molar-refractivity contribution is -0.128. The first-order chi connectivity index (χ1) is 10.5. The lowest BCUT2D eigenvalue weighted by Crippen LogP contribution is -2.37. The highest BCUT2D eigenvalue weighted by Gasteiger charge is 2.40. The zero-order valence-corrected chi connectivity index (χ0v) is 12.6. The van der Waals surface area contributed by atoms with Gasteiger partial charge in [0.2, 0.25) is 22.7 Å². The Morgan fingerprint density at radius 1 is 1.18 bits per heavy atom. The summed E-state index contributed by atoms with van der Waals surface area (Å²) in [4.78, 5) is 13.8. The molecular weight excluding hydrogens is 308 g/mol. The van der Waals surface area contributed by atoms with Crippen LogP contribution in [0.25, 0.3) is 0 Å². The number of hydrogen-bond donors (Lipinski definition) is 1. The molecule has 1 N–H and O–H groups in total. The number of likely N-dealkylation sites (tertiary alicyclic amines) is 1. The summed E-state index contributed by atoms with van der Waals surface area (Å²) in [7, 11) is -3.68. The second-order valence-electron chi connectivity index (χ2n) is 5.81. The number of ether oxygens (including phenoxy) is 2. The second-order valence-corrected chi connectivity index (χ2v) is 7.53. The van der Waals surface area contributed by atoms with Gasteiger partial charge in [0.05, 0.1) is 4.90 Å². The van der Waals surface area contributed by atoms with Crippen molar-refractivity contribution in [3.63, 3.8) is 0 Å². The molecule has 22 heavy (non-hydrogen) atoms. The Balaban J connectivity index is 1.51. The van der Waals surface area contributed by atoms with Crippen LogP contribution in [0.2, 0.25) is 0 Å². The number of nitrogens with one attached hydrogen (secondary N) is 1. The molecule has 2 fully saturated rings. The van der Waals surface area contributed by atoms with Gasteiger partial charge in [0.15, 0.2) is 11.5 Å². The molecule has 7 nitrogen and oxygen atoms in total. The summed E-state index contributed by atoms with van der Waals surface area (Å²) in [5.74, 6) is 0.987. The summed E-state index contributed by atoms with van der Waals surface area (Å²) in [6.45, 7) is 0.549. The quantitative estimate of drug-likeness (QED) is 0.869. The first-order valence-electron chi connectivity index (χ1n) is 7.24. The molecule has 3 aliphatic rings. The highest BCUT2D eigenvalue weighted by atomic mass is 32.2. The van der Waals surface area contributed by atoms with E-state index in [1.807, 2.05) is 0 Å². The van der Waals surface area contributed by atoms with Crippen LogP contribution >= 0.6 is 0 Å². The van der Waals surface area contributed by atoms with E-state index in [-0.39, 0.29) is 30.1 Å². The van der Waals surface area contributed by atoms with Crippen molar-refractivity contribution in [2.24, 2.45) is 0 Å². The normalized spacial score (nSPS) is 24.1. The minimum Gasteiger partial charge on any atom is -0.454 e. The van der Waals surface area contributed by atoms with Gasteiger partial charge in [-0.1, -0.05) is 0 Å². The van der Waals surface area contributed by atoms with Gasteiger partial charge in [0.25, 0.3) is 0 Å². The van der Waals surface area contributed by atoms with Crippen molar-refractivity contribution in [3.8, 4) is 11.5 Å². The third-order valence-corrected chi connectivity index (χ3v) is 5.64. The van der Waals surface area contributed by atoms with E-state index in [4.69, 9.17) is 9.47 Å². The maximum atomic E-state index is 12.4. The van der Waals surface area contributed by atoms with Crippen LogP contribution in [0.1, 0.15) is 19.3 Å². The molecule has 0 bridgehead atoms. The van der Waals surface area contributed by atoms with Gasteiger partial charge < -0.3 is 14.4 Å². The average Bonchev–Trinajstić information content (AvgIpc) is 3.09. The van der Waals surface area contributed by atoms with Gasteiger partial charge in [-0.2, -0.15) is 0 Å². The highest BCUT2D eigenvalue weighted by Crippen LogP contribution is 2.34. The van der Waals surface area contributed by atoms with Crippen LogP contribution in [0.15, 0.2) is 23.1 Å². The molecule has 8 heteroatoms. The van der Waals surface area contributed by atoms with Gasteiger partial charge in [-0.25, -0.2) is 13.1 Å². The van der Waals surface area contributed by atoms with E-state index in [1.165, 1.54) is 12.1 Å². The number of fused-ring (bicyclic) bond motifs is 1. The molecule has 1 unspecified atom stereocenters. The second kappa shape index (κ2) is 4.85. The maximum Gasteiger partial charge on any atom is 0.241 e. The predicted molar refractivity (Wildman–Crippen MR) is 76.0 cm³/mol. The van der Waals surface area contributed by atoms with Crippen LogP contribution < -0.4 is 14.2 Å². The van der Waals surface area contributed by atoms with E-state index in [2.05, 4.69) is 4.72 Å². The fourth-order valence-electron chi connectivity index (χ4n) is 2.88. The molecule has 1 saturated carbocycles. The summed E-state index contributed by atoms with van der Waals surface area (Å²) >= 11 is 0. The third kappa shape index (κ3) is 2.42. The topological polar surface area (TPSA) is 84.9 Å². The van der Waals surface area contributed by atoms with Crippen molar-refractivity contribution < 1.29 is 22.7 Å². The van der Waals surface area contributed by atoms with E-state index in [0.717, 1.165) is 12.8 Å². The van der Waals surface area contributed by atoms with Crippen LogP contribution in [-0.2, 0) is 14.8 Å². The van der Waals surface area contributed by atoms with Gasteiger partial charge in [-0.15, -0.1) is 0 Å². The Bertz CT molecular complexity index is 729. The Labute approximate surface area is 128 Å². The summed E-state index contributed by atoms with van der Waals surface area (Å²) in [6.07, 6.45) is 2.26. The van der Waals surface area contributed by atoms with Crippen molar-refractivity contribution in [2.45, 2.75) is 36.2 Å². The fourth-order valence-corrected chi connectivity index (χ4v) is 4.12. The van der Waals surface area contributed by atoms with Crippen LogP contribution in [0.3, 0.4) is 0 Å². The van der Waals surface area contributed by atoms with E-state index < -0.39 is 10.0 Å². The largest absolute Gasteiger partial charge is 0.454 e. The van der Waals surface area contributed by atoms with E-state index in [0.29, 0.717) is 24.1 Å². The maximum absolute atomic E-state index is 12.4. The SMILES string of the molecule is O=C1CC(NS(=O)(=O)c2ccc3c(c2)OCO3)CN1C1CC1. The predicted octanol–water partition coefficient (Wildman–Crippen LogP) is 0.457. The Morgan fingerprint density at radius 2 is 1.95 bits per heavy atom. The zero-order chi connectivity index (χ0) is 15.3. The summed E-state index contributed by atoms with van der Waals surface area (Å²) in [5, 5.41) is 0. The molecule has 4 rings (SSSR count). The number of amides is 1. The Morgan fingerprint density at radius 3 is 2.73 bits per heavy atom. The van der Waals surface area contributed by atoms with Crippen LogP contribution in [0.4, 0.5) is 0 Å². The third-order valence-electron chi connectivity index (χ3n) is 4.12. The molecule has 1 aromatic rings. The smallest absolute Gasteiger partial charge is 0.241 e. The molecule has 1 aromatic carbocycles.